The number of aryl methyl sites for hydroxylation is 1. The molecule has 2 aromatic rings. The van der Waals surface area contributed by atoms with Crippen LogP contribution in [0.3, 0.4) is 0 Å². The first-order valence-electron chi connectivity index (χ1n) is 8.81. The number of benzene rings is 1. The van der Waals surface area contributed by atoms with Crippen LogP contribution >= 0.6 is 0 Å². The van der Waals surface area contributed by atoms with E-state index in [0.717, 1.165) is 18.9 Å². The smallest absolute Gasteiger partial charge is 0.340 e. The number of nitrogens with one attached hydrogen (secondary N) is 1. The molecule has 0 spiro atoms. The largest absolute Gasteiger partial charge is 0.462 e. The van der Waals surface area contributed by atoms with Gasteiger partial charge in [0, 0.05) is 19.2 Å². The van der Waals surface area contributed by atoms with Gasteiger partial charge in [-0.15, -0.1) is 0 Å². The van der Waals surface area contributed by atoms with Crippen LogP contribution in [0.25, 0.3) is 0 Å². The summed E-state index contributed by atoms with van der Waals surface area (Å²) in [5, 5.41) is 3.25. The molecule has 6 heteroatoms. The molecule has 2 heterocycles. The Kier molecular flexibility index (Phi) is 5.48. The van der Waals surface area contributed by atoms with Gasteiger partial charge in [0.2, 0.25) is 0 Å². The van der Waals surface area contributed by atoms with Crippen LogP contribution in [-0.4, -0.2) is 35.6 Å². The van der Waals surface area contributed by atoms with E-state index in [1.807, 2.05) is 31.2 Å². The van der Waals surface area contributed by atoms with E-state index in [0.29, 0.717) is 29.5 Å². The summed E-state index contributed by atoms with van der Waals surface area (Å²) in [6.07, 6.45) is 3.66. The maximum absolute atomic E-state index is 12.1. The van der Waals surface area contributed by atoms with Gasteiger partial charge in [-0.25, -0.2) is 14.8 Å². The second-order valence-corrected chi connectivity index (χ2v) is 6.10. The SMILES string of the molecule is CCOC(=O)c1ccccc1Nc1cc(N2CCCCC2)nc(C)n1. The Hall–Kier alpha value is -2.63. The van der Waals surface area contributed by atoms with E-state index in [4.69, 9.17) is 4.74 Å². The highest BCUT2D eigenvalue weighted by Gasteiger charge is 2.16. The van der Waals surface area contributed by atoms with Crippen molar-refractivity contribution in [2.45, 2.75) is 33.1 Å². The lowest BCUT2D eigenvalue weighted by Gasteiger charge is -2.28. The van der Waals surface area contributed by atoms with Crippen LogP contribution in [0.4, 0.5) is 17.3 Å². The van der Waals surface area contributed by atoms with Gasteiger partial charge in [-0.05, 0) is 45.2 Å². The van der Waals surface area contributed by atoms with E-state index in [9.17, 15) is 4.79 Å². The van der Waals surface area contributed by atoms with Crippen LogP contribution in [-0.2, 0) is 4.74 Å². The summed E-state index contributed by atoms with van der Waals surface area (Å²) < 4.78 is 5.13. The molecular weight excluding hydrogens is 316 g/mol. The third-order valence-corrected chi connectivity index (χ3v) is 4.19. The predicted octanol–water partition coefficient (Wildman–Crippen LogP) is 3.70. The Labute approximate surface area is 148 Å². The third kappa shape index (κ3) is 4.26. The van der Waals surface area contributed by atoms with Crippen molar-refractivity contribution in [3.63, 3.8) is 0 Å². The number of anilines is 3. The van der Waals surface area contributed by atoms with Crippen LogP contribution in [0.15, 0.2) is 30.3 Å². The van der Waals surface area contributed by atoms with E-state index in [1.165, 1.54) is 19.3 Å². The summed E-state index contributed by atoms with van der Waals surface area (Å²) in [7, 11) is 0. The van der Waals surface area contributed by atoms with Crippen molar-refractivity contribution in [1.82, 2.24) is 9.97 Å². The summed E-state index contributed by atoms with van der Waals surface area (Å²) in [4.78, 5) is 23.5. The van der Waals surface area contributed by atoms with Gasteiger partial charge in [-0.2, -0.15) is 0 Å². The molecule has 0 radical (unpaired) electrons. The van der Waals surface area contributed by atoms with Crippen molar-refractivity contribution in [2.24, 2.45) is 0 Å². The van der Waals surface area contributed by atoms with Crippen molar-refractivity contribution < 1.29 is 9.53 Å². The molecule has 0 saturated carbocycles. The molecule has 1 fully saturated rings. The zero-order valence-corrected chi connectivity index (χ0v) is 14.8. The zero-order valence-electron chi connectivity index (χ0n) is 14.8. The quantitative estimate of drug-likeness (QED) is 0.837. The molecular formula is C19H24N4O2. The first-order valence-corrected chi connectivity index (χ1v) is 8.81. The number of carbonyl (C=O) groups excluding carboxylic acids is 1. The minimum Gasteiger partial charge on any atom is -0.462 e. The molecule has 1 aliphatic heterocycles. The highest BCUT2D eigenvalue weighted by Crippen LogP contribution is 2.24. The van der Waals surface area contributed by atoms with Crippen LogP contribution in [0.1, 0.15) is 42.4 Å². The maximum Gasteiger partial charge on any atom is 0.340 e. The Balaban J connectivity index is 1.86. The van der Waals surface area contributed by atoms with Gasteiger partial charge < -0.3 is 15.0 Å². The fraction of sp³-hybridized carbons (Fsp3) is 0.421. The Morgan fingerprint density at radius 2 is 1.96 bits per heavy atom. The van der Waals surface area contributed by atoms with E-state index < -0.39 is 0 Å². The fourth-order valence-corrected chi connectivity index (χ4v) is 3.02. The third-order valence-electron chi connectivity index (χ3n) is 4.19. The van der Waals surface area contributed by atoms with E-state index in [-0.39, 0.29) is 5.97 Å². The van der Waals surface area contributed by atoms with Gasteiger partial charge in [-0.3, -0.25) is 0 Å². The molecule has 1 aromatic carbocycles. The lowest BCUT2D eigenvalue weighted by Crippen LogP contribution is -2.30. The molecule has 6 nitrogen and oxygen atoms in total. The number of carbonyl (C=O) groups is 1. The molecule has 25 heavy (non-hydrogen) atoms. The van der Waals surface area contributed by atoms with Gasteiger partial charge in [0.25, 0.3) is 0 Å². The number of piperidine rings is 1. The van der Waals surface area contributed by atoms with Crippen molar-refractivity contribution in [2.75, 3.05) is 29.9 Å². The molecule has 1 aromatic heterocycles. The molecule has 132 valence electrons. The molecule has 0 aliphatic carbocycles. The number of esters is 1. The number of para-hydroxylation sites is 1. The highest BCUT2D eigenvalue weighted by atomic mass is 16.5. The lowest BCUT2D eigenvalue weighted by molar-refractivity contribution is 0.0527. The Bertz CT molecular complexity index is 742. The summed E-state index contributed by atoms with van der Waals surface area (Å²) in [5.41, 5.74) is 1.18. The average molecular weight is 340 g/mol. The molecule has 1 aliphatic rings. The van der Waals surface area contributed by atoms with Crippen molar-refractivity contribution in [3.05, 3.63) is 41.7 Å². The molecule has 1 N–H and O–H groups in total. The number of rotatable bonds is 5. The number of aromatic nitrogens is 2. The number of nitrogens with zero attached hydrogens (tertiary/aromatic N) is 3. The first kappa shape index (κ1) is 17.2. The van der Waals surface area contributed by atoms with Gasteiger partial charge in [0.15, 0.2) is 0 Å². The van der Waals surface area contributed by atoms with Crippen molar-refractivity contribution in [1.29, 1.82) is 0 Å². The van der Waals surface area contributed by atoms with Crippen molar-refractivity contribution >= 4 is 23.3 Å². The molecule has 3 rings (SSSR count). The predicted molar refractivity (Wildman–Crippen MR) is 98.5 cm³/mol. The standard InChI is InChI=1S/C19H24N4O2/c1-3-25-19(24)15-9-5-6-10-16(15)22-17-13-18(21-14(2)20-17)23-11-7-4-8-12-23/h5-6,9-10,13H,3-4,7-8,11-12H2,1-2H3,(H,20,21,22). The monoisotopic (exact) mass is 340 g/mol. The summed E-state index contributed by atoms with van der Waals surface area (Å²) in [6.45, 7) is 6.08. The normalized spacial score (nSPS) is 14.2. The van der Waals surface area contributed by atoms with Gasteiger partial charge in [0.05, 0.1) is 17.9 Å². The number of ether oxygens (including phenoxy) is 1. The Morgan fingerprint density at radius 1 is 1.20 bits per heavy atom. The van der Waals surface area contributed by atoms with Crippen molar-refractivity contribution in [3.8, 4) is 0 Å². The first-order chi connectivity index (χ1) is 12.2. The van der Waals surface area contributed by atoms with E-state index in [2.05, 4.69) is 20.2 Å². The summed E-state index contributed by atoms with van der Waals surface area (Å²) >= 11 is 0. The second kappa shape index (κ2) is 7.96. The molecule has 0 amide bonds. The van der Waals surface area contributed by atoms with E-state index >= 15 is 0 Å². The minimum atomic E-state index is -0.340. The zero-order chi connectivity index (χ0) is 17.6. The molecule has 1 saturated heterocycles. The molecule has 0 bridgehead atoms. The van der Waals surface area contributed by atoms with Gasteiger partial charge in [-0.1, -0.05) is 12.1 Å². The topological polar surface area (TPSA) is 67.3 Å². The Morgan fingerprint density at radius 3 is 2.72 bits per heavy atom. The average Bonchev–Trinajstić information content (AvgIpc) is 2.62. The lowest BCUT2D eigenvalue weighted by atomic mass is 10.1. The van der Waals surface area contributed by atoms with Crippen LogP contribution < -0.4 is 10.2 Å². The number of hydrogen-bond acceptors (Lipinski definition) is 6. The van der Waals surface area contributed by atoms with Crippen LogP contribution in [0, 0.1) is 6.92 Å². The van der Waals surface area contributed by atoms with Crippen LogP contribution in [0.2, 0.25) is 0 Å². The second-order valence-electron chi connectivity index (χ2n) is 6.10. The molecule has 0 atom stereocenters. The van der Waals surface area contributed by atoms with E-state index in [1.54, 1.807) is 13.0 Å². The highest BCUT2D eigenvalue weighted by molar-refractivity contribution is 5.96. The van der Waals surface area contributed by atoms with Gasteiger partial charge >= 0.3 is 5.97 Å². The maximum atomic E-state index is 12.1. The van der Waals surface area contributed by atoms with Gasteiger partial charge in [0.1, 0.15) is 17.5 Å². The number of hydrogen-bond donors (Lipinski definition) is 1. The fourth-order valence-electron chi connectivity index (χ4n) is 3.02. The summed E-state index contributed by atoms with van der Waals surface area (Å²) in [5.74, 6) is 1.99. The minimum absolute atomic E-state index is 0.340. The summed E-state index contributed by atoms with van der Waals surface area (Å²) in [6, 6.07) is 9.25. The van der Waals surface area contributed by atoms with Crippen LogP contribution in [0.5, 0.6) is 0 Å². The molecule has 0 unspecified atom stereocenters.